The molecule has 0 fully saturated rings. The number of hydrazine groups is 1. The first-order valence-electron chi connectivity index (χ1n) is 9.59. The molecule has 0 bridgehead atoms. The molecule has 0 aliphatic carbocycles. The van der Waals surface area contributed by atoms with Crippen molar-refractivity contribution in [3.8, 4) is 5.75 Å². The lowest BCUT2D eigenvalue weighted by atomic mass is 10.2. The number of rotatable bonds is 6. The van der Waals surface area contributed by atoms with Gasteiger partial charge in [-0.15, -0.1) is 0 Å². The Kier molecular flexibility index (Phi) is 7.77. The van der Waals surface area contributed by atoms with Gasteiger partial charge in [0.05, 0.1) is 23.5 Å². The van der Waals surface area contributed by atoms with Crippen molar-refractivity contribution in [2.75, 3.05) is 17.9 Å². The van der Waals surface area contributed by atoms with Gasteiger partial charge in [-0.1, -0.05) is 72.3 Å². The molecule has 9 heteroatoms. The standard InChI is InChI=1S/C23H22ClN3O5/c1-30-21-13-20(18(24)12-19(21)25)27(23(29)32-15-17-10-6-3-7-11-17)26-22(28)31-14-16-8-4-2-5-9-16/h2-13H,14-15,25H2,1H3,(H,26,28). The van der Waals surface area contributed by atoms with Crippen LogP contribution in [-0.2, 0) is 22.7 Å². The molecule has 0 saturated heterocycles. The van der Waals surface area contributed by atoms with Gasteiger partial charge in [-0.2, -0.15) is 5.01 Å². The van der Waals surface area contributed by atoms with Crippen LogP contribution in [0.5, 0.6) is 5.75 Å². The summed E-state index contributed by atoms with van der Waals surface area (Å²) < 4.78 is 15.8. The molecule has 0 aliphatic rings. The van der Waals surface area contributed by atoms with Gasteiger partial charge in [0.15, 0.2) is 0 Å². The monoisotopic (exact) mass is 455 g/mol. The highest BCUT2D eigenvalue weighted by molar-refractivity contribution is 6.34. The highest BCUT2D eigenvalue weighted by Gasteiger charge is 2.25. The van der Waals surface area contributed by atoms with Crippen molar-refractivity contribution in [1.29, 1.82) is 0 Å². The summed E-state index contributed by atoms with van der Waals surface area (Å²) >= 11 is 6.29. The van der Waals surface area contributed by atoms with Gasteiger partial charge >= 0.3 is 12.2 Å². The quantitative estimate of drug-likeness (QED) is 0.404. The normalized spacial score (nSPS) is 10.2. The van der Waals surface area contributed by atoms with Crippen molar-refractivity contribution in [2.45, 2.75) is 13.2 Å². The Balaban J connectivity index is 1.78. The molecule has 0 aromatic heterocycles. The second-order valence-corrected chi connectivity index (χ2v) is 7.00. The first-order valence-corrected chi connectivity index (χ1v) is 9.97. The molecule has 2 amide bonds. The van der Waals surface area contributed by atoms with Crippen LogP contribution >= 0.6 is 11.6 Å². The van der Waals surface area contributed by atoms with Crippen molar-refractivity contribution in [3.63, 3.8) is 0 Å². The highest BCUT2D eigenvalue weighted by atomic mass is 35.5. The fraction of sp³-hybridized carbons (Fsp3) is 0.130. The largest absolute Gasteiger partial charge is 0.495 e. The van der Waals surface area contributed by atoms with Crippen LogP contribution in [0.4, 0.5) is 21.0 Å². The number of hydrogen-bond acceptors (Lipinski definition) is 6. The van der Waals surface area contributed by atoms with Gasteiger partial charge in [-0.25, -0.2) is 15.0 Å². The topological polar surface area (TPSA) is 103 Å². The number of benzene rings is 3. The van der Waals surface area contributed by atoms with E-state index < -0.39 is 12.2 Å². The molecule has 0 radical (unpaired) electrons. The van der Waals surface area contributed by atoms with Gasteiger partial charge in [0.1, 0.15) is 19.0 Å². The Morgan fingerprint density at radius 3 is 2.06 bits per heavy atom. The zero-order valence-corrected chi connectivity index (χ0v) is 18.0. The van der Waals surface area contributed by atoms with E-state index in [9.17, 15) is 9.59 Å². The number of nitrogen functional groups attached to an aromatic ring is 1. The van der Waals surface area contributed by atoms with E-state index in [0.717, 1.165) is 16.1 Å². The molecule has 3 N–H and O–H groups in total. The first kappa shape index (κ1) is 22.8. The fourth-order valence-corrected chi connectivity index (χ4v) is 3.00. The van der Waals surface area contributed by atoms with Gasteiger partial charge in [0.2, 0.25) is 0 Å². The number of carbonyl (C=O) groups excluding carboxylic acids is 2. The lowest BCUT2D eigenvalue weighted by Gasteiger charge is -2.24. The van der Waals surface area contributed by atoms with Crippen LogP contribution in [0, 0.1) is 0 Å². The zero-order chi connectivity index (χ0) is 22.9. The molecule has 0 atom stereocenters. The van der Waals surface area contributed by atoms with Gasteiger partial charge in [-0.3, -0.25) is 0 Å². The summed E-state index contributed by atoms with van der Waals surface area (Å²) in [7, 11) is 1.42. The number of carbonyl (C=O) groups is 2. The Morgan fingerprint density at radius 2 is 1.50 bits per heavy atom. The van der Waals surface area contributed by atoms with Crippen molar-refractivity contribution in [3.05, 3.63) is 88.9 Å². The molecule has 3 aromatic rings. The molecular weight excluding hydrogens is 434 g/mol. The number of anilines is 2. The van der Waals surface area contributed by atoms with E-state index in [1.54, 1.807) is 24.3 Å². The number of hydrogen-bond donors (Lipinski definition) is 2. The summed E-state index contributed by atoms with van der Waals surface area (Å²) in [4.78, 5) is 25.3. The second kappa shape index (κ2) is 10.9. The summed E-state index contributed by atoms with van der Waals surface area (Å²) in [5.41, 5.74) is 10.2. The molecule has 0 saturated carbocycles. The minimum absolute atomic E-state index is 0.0123. The number of nitrogens with two attached hydrogens (primary N) is 1. The van der Waals surface area contributed by atoms with Gasteiger partial charge in [0, 0.05) is 6.07 Å². The fourth-order valence-electron chi connectivity index (χ4n) is 2.74. The maximum absolute atomic E-state index is 12.9. The minimum Gasteiger partial charge on any atom is -0.495 e. The van der Waals surface area contributed by atoms with E-state index in [1.807, 2.05) is 36.4 Å². The van der Waals surface area contributed by atoms with Crippen molar-refractivity contribution in [1.82, 2.24) is 5.43 Å². The van der Waals surface area contributed by atoms with Crippen LogP contribution in [0.25, 0.3) is 0 Å². The number of halogens is 1. The number of nitrogens with one attached hydrogen (secondary N) is 1. The summed E-state index contributed by atoms with van der Waals surface area (Å²) in [5, 5.41) is 0.948. The Morgan fingerprint density at radius 1 is 0.938 bits per heavy atom. The molecule has 0 aliphatic heterocycles. The summed E-state index contributed by atoms with van der Waals surface area (Å²) in [5.74, 6) is 0.268. The van der Waals surface area contributed by atoms with Crippen LogP contribution < -0.4 is 20.9 Å². The summed E-state index contributed by atoms with van der Waals surface area (Å²) in [6.07, 6.45) is -1.75. The molecule has 166 valence electrons. The van der Waals surface area contributed by atoms with E-state index in [0.29, 0.717) is 0 Å². The van der Waals surface area contributed by atoms with E-state index >= 15 is 0 Å². The van der Waals surface area contributed by atoms with Gasteiger partial charge < -0.3 is 19.9 Å². The predicted octanol–water partition coefficient (Wildman–Crippen LogP) is 4.92. The Hall–Kier alpha value is -3.91. The number of nitrogens with zero attached hydrogens (tertiary/aromatic N) is 1. The lowest BCUT2D eigenvalue weighted by Crippen LogP contribution is -2.47. The third kappa shape index (κ3) is 6.05. The van der Waals surface area contributed by atoms with E-state index in [1.165, 1.54) is 19.2 Å². The molecule has 0 spiro atoms. The number of methoxy groups -OCH3 is 1. The maximum Gasteiger partial charge on any atom is 0.434 e. The third-order valence-electron chi connectivity index (χ3n) is 4.34. The van der Waals surface area contributed by atoms with E-state index in [2.05, 4.69) is 5.43 Å². The zero-order valence-electron chi connectivity index (χ0n) is 17.3. The summed E-state index contributed by atoms with van der Waals surface area (Å²) in [6.45, 7) is -0.000982. The second-order valence-electron chi connectivity index (χ2n) is 6.59. The maximum atomic E-state index is 12.9. The van der Waals surface area contributed by atoms with Crippen molar-refractivity contribution >= 4 is 35.2 Å². The Labute approximate surface area is 190 Å². The Bertz CT molecular complexity index is 1060. The van der Waals surface area contributed by atoms with Crippen molar-refractivity contribution in [2.24, 2.45) is 0 Å². The number of amides is 2. The molecule has 8 nitrogen and oxygen atoms in total. The lowest BCUT2D eigenvalue weighted by molar-refractivity contribution is 0.126. The van der Waals surface area contributed by atoms with Gasteiger partial charge in [0.25, 0.3) is 0 Å². The number of ether oxygens (including phenoxy) is 3. The van der Waals surface area contributed by atoms with Gasteiger partial charge in [-0.05, 0) is 17.2 Å². The SMILES string of the molecule is COc1cc(N(NC(=O)OCc2ccccc2)C(=O)OCc2ccccc2)c(Cl)cc1N. The summed E-state index contributed by atoms with van der Waals surface area (Å²) in [6, 6.07) is 21.0. The highest BCUT2D eigenvalue weighted by Crippen LogP contribution is 2.34. The molecule has 3 rings (SSSR count). The van der Waals surface area contributed by atoms with E-state index in [4.69, 9.17) is 31.5 Å². The molecule has 32 heavy (non-hydrogen) atoms. The van der Waals surface area contributed by atoms with Crippen molar-refractivity contribution < 1.29 is 23.8 Å². The van der Waals surface area contributed by atoms with Crippen LogP contribution in [0.2, 0.25) is 5.02 Å². The molecular formula is C23H22ClN3O5. The van der Waals surface area contributed by atoms with Crippen LogP contribution in [0.3, 0.4) is 0 Å². The molecule has 3 aromatic carbocycles. The average Bonchev–Trinajstić information content (AvgIpc) is 2.81. The molecule has 0 unspecified atom stereocenters. The minimum atomic E-state index is -0.877. The van der Waals surface area contributed by atoms with Crippen LogP contribution in [-0.4, -0.2) is 19.3 Å². The smallest absolute Gasteiger partial charge is 0.434 e. The average molecular weight is 456 g/mol. The predicted molar refractivity (Wildman–Crippen MR) is 121 cm³/mol. The molecule has 0 heterocycles. The first-order chi connectivity index (χ1) is 15.5. The van der Waals surface area contributed by atoms with Crippen LogP contribution in [0.15, 0.2) is 72.8 Å². The van der Waals surface area contributed by atoms with E-state index in [-0.39, 0.29) is 35.4 Å². The third-order valence-corrected chi connectivity index (χ3v) is 4.65. The van der Waals surface area contributed by atoms with Crippen LogP contribution in [0.1, 0.15) is 11.1 Å².